The highest BCUT2D eigenvalue weighted by atomic mass is 35.5. The summed E-state index contributed by atoms with van der Waals surface area (Å²) in [4.78, 5) is 19.0. The van der Waals surface area contributed by atoms with Gasteiger partial charge in [-0.15, -0.1) is 0 Å². The summed E-state index contributed by atoms with van der Waals surface area (Å²) in [7, 11) is 0. The van der Waals surface area contributed by atoms with Gasteiger partial charge in [0.05, 0.1) is 23.2 Å². The van der Waals surface area contributed by atoms with E-state index in [1.807, 2.05) is 4.90 Å². The number of hydrogen-bond donors (Lipinski definition) is 1. The molecule has 1 unspecified atom stereocenters. The van der Waals surface area contributed by atoms with Gasteiger partial charge in [-0.2, -0.15) is 4.98 Å². The normalized spacial score (nSPS) is 17.0. The number of anilines is 1. The SMILES string of the molecule is O=C(Nc1ccc(F)cc1F)C1CCCN(Cc2nc(-c3ccc(Cl)cc3Cl)no2)C1. The zero-order valence-electron chi connectivity index (χ0n) is 16.2. The van der Waals surface area contributed by atoms with Gasteiger partial charge in [0.2, 0.25) is 17.6 Å². The Bertz CT molecular complexity index is 1110. The number of carbonyl (C=O) groups is 1. The van der Waals surface area contributed by atoms with Crippen molar-refractivity contribution in [2.24, 2.45) is 5.92 Å². The molecule has 10 heteroatoms. The van der Waals surface area contributed by atoms with Crippen LogP contribution in [-0.2, 0) is 11.3 Å². The minimum absolute atomic E-state index is 0.0371. The fourth-order valence-electron chi connectivity index (χ4n) is 3.53. The maximum absolute atomic E-state index is 13.8. The molecule has 2 aromatic carbocycles. The van der Waals surface area contributed by atoms with E-state index >= 15 is 0 Å². The van der Waals surface area contributed by atoms with Crippen LogP contribution in [0.1, 0.15) is 18.7 Å². The van der Waals surface area contributed by atoms with Crippen LogP contribution < -0.4 is 5.32 Å². The molecule has 6 nitrogen and oxygen atoms in total. The van der Waals surface area contributed by atoms with Crippen molar-refractivity contribution < 1.29 is 18.1 Å². The molecular weight excluding hydrogens is 449 g/mol. The fourth-order valence-corrected chi connectivity index (χ4v) is 4.02. The summed E-state index contributed by atoms with van der Waals surface area (Å²) in [5.74, 6) is -1.40. The van der Waals surface area contributed by atoms with E-state index in [2.05, 4.69) is 15.5 Å². The zero-order valence-corrected chi connectivity index (χ0v) is 17.8. The molecule has 0 bridgehead atoms. The van der Waals surface area contributed by atoms with Crippen molar-refractivity contribution in [1.82, 2.24) is 15.0 Å². The largest absolute Gasteiger partial charge is 0.338 e. The molecule has 1 atom stereocenters. The molecule has 3 aromatic rings. The van der Waals surface area contributed by atoms with Gasteiger partial charge in [0.15, 0.2) is 0 Å². The van der Waals surface area contributed by atoms with Crippen LogP contribution in [0.4, 0.5) is 14.5 Å². The molecule has 1 fully saturated rings. The summed E-state index contributed by atoms with van der Waals surface area (Å²) in [6.07, 6.45) is 1.45. The monoisotopic (exact) mass is 466 g/mol. The maximum Gasteiger partial charge on any atom is 0.241 e. The van der Waals surface area contributed by atoms with Crippen molar-refractivity contribution in [2.45, 2.75) is 19.4 Å². The number of carbonyl (C=O) groups excluding carboxylic acids is 1. The van der Waals surface area contributed by atoms with Crippen molar-refractivity contribution in [1.29, 1.82) is 0 Å². The molecule has 0 saturated carbocycles. The Hall–Kier alpha value is -2.55. The topological polar surface area (TPSA) is 71.3 Å². The van der Waals surface area contributed by atoms with Gasteiger partial charge in [0, 0.05) is 23.2 Å². The van der Waals surface area contributed by atoms with Crippen molar-refractivity contribution in [3.63, 3.8) is 0 Å². The Labute approximate surface area is 187 Å². The Balaban J connectivity index is 1.39. The van der Waals surface area contributed by atoms with E-state index < -0.39 is 11.6 Å². The van der Waals surface area contributed by atoms with E-state index in [-0.39, 0.29) is 17.5 Å². The van der Waals surface area contributed by atoms with Gasteiger partial charge in [0.25, 0.3) is 0 Å². The van der Waals surface area contributed by atoms with Gasteiger partial charge in [-0.25, -0.2) is 8.78 Å². The first-order chi connectivity index (χ1) is 14.9. The van der Waals surface area contributed by atoms with E-state index in [9.17, 15) is 13.6 Å². The molecule has 31 heavy (non-hydrogen) atoms. The number of amides is 1. The highest BCUT2D eigenvalue weighted by molar-refractivity contribution is 6.36. The number of nitrogens with zero attached hydrogens (tertiary/aromatic N) is 3. The van der Waals surface area contributed by atoms with Gasteiger partial charge >= 0.3 is 0 Å². The first-order valence-electron chi connectivity index (χ1n) is 9.65. The third kappa shape index (κ3) is 5.20. The van der Waals surface area contributed by atoms with Crippen LogP contribution in [0.25, 0.3) is 11.4 Å². The third-order valence-corrected chi connectivity index (χ3v) is 5.61. The summed E-state index contributed by atoms with van der Waals surface area (Å²) in [5.41, 5.74) is 0.572. The molecule has 0 radical (unpaired) electrons. The summed E-state index contributed by atoms with van der Waals surface area (Å²) in [5, 5.41) is 7.45. The standard InChI is InChI=1S/C21H18Cl2F2N4O2/c22-13-3-5-15(16(23)8-13)20-27-19(31-28-20)11-29-7-1-2-12(10-29)21(30)26-18-6-4-14(24)9-17(18)25/h3-6,8-9,12H,1-2,7,10-11H2,(H,26,30). The number of piperidine rings is 1. The summed E-state index contributed by atoms with van der Waals surface area (Å²) >= 11 is 12.1. The van der Waals surface area contributed by atoms with Crippen molar-refractivity contribution in [2.75, 3.05) is 18.4 Å². The second-order valence-electron chi connectivity index (χ2n) is 7.32. The first kappa shape index (κ1) is 21.7. The average Bonchev–Trinajstić information content (AvgIpc) is 3.18. The lowest BCUT2D eigenvalue weighted by molar-refractivity contribution is -0.121. The highest BCUT2D eigenvalue weighted by Gasteiger charge is 2.27. The van der Waals surface area contributed by atoms with E-state index in [0.29, 0.717) is 46.8 Å². The van der Waals surface area contributed by atoms with E-state index in [1.165, 1.54) is 6.07 Å². The highest BCUT2D eigenvalue weighted by Crippen LogP contribution is 2.29. The Morgan fingerprint density at radius 1 is 1.23 bits per heavy atom. The molecule has 0 spiro atoms. The molecule has 162 valence electrons. The predicted molar refractivity (Wildman–Crippen MR) is 113 cm³/mol. The fraction of sp³-hybridized carbons (Fsp3) is 0.286. The lowest BCUT2D eigenvalue weighted by atomic mass is 9.97. The van der Waals surface area contributed by atoms with Crippen molar-refractivity contribution >= 4 is 34.8 Å². The molecule has 2 heterocycles. The Morgan fingerprint density at radius 2 is 2.06 bits per heavy atom. The summed E-state index contributed by atoms with van der Waals surface area (Å²) < 4.78 is 32.2. The number of benzene rings is 2. The third-order valence-electron chi connectivity index (χ3n) is 5.06. The number of likely N-dealkylation sites (tertiary alicyclic amines) is 1. The maximum atomic E-state index is 13.8. The molecule has 0 aliphatic carbocycles. The minimum atomic E-state index is -0.805. The number of aromatic nitrogens is 2. The second kappa shape index (κ2) is 9.30. The van der Waals surface area contributed by atoms with Crippen LogP contribution in [0.5, 0.6) is 0 Å². The molecule has 1 aromatic heterocycles. The molecule has 1 amide bonds. The lowest BCUT2D eigenvalue weighted by Gasteiger charge is -2.30. The zero-order chi connectivity index (χ0) is 22.0. The van der Waals surface area contributed by atoms with Gasteiger partial charge in [-0.05, 0) is 49.7 Å². The summed E-state index contributed by atoms with van der Waals surface area (Å²) in [6, 6.07) is 8.07. The molecular formula is C21H18Cl2F2N4O2. The van der Waals surface area contributed by atoms with Crippen LogP contribution in [0, 0.1) is 17.6 Å². The van der Waals surface area contributed by atoms with E-state index in [4.69, 9.17) is 27.7 Å². The quantitative estimate of drug-likeness (QED) is 0.561. The number of halogens is 4. The van der Waals surface area contributed by atoms with Gasteiger partial charge < -0.3 is 9.84 Å². The molecule has 1 aliphatic heterocycles. The molecule has 1 N–H and O–H groups in total. The number of hydrogen-bond acceptors (Lipinski definition) is 5. The number of nitrogens with one attached hydrogen (secondary N) is 1. The Morgan fingerprint density at radius 3 is 2.84 bits per heavy atom. The Kier molecular flexibility index (Phi) is 6.50. The number of rotatable bonds is 5. The van der Waals surface area contributed by atoms with E-state index in [0.717, 1.165) is 25.1 Å². The minimum Gasteiger partial charge on any atom is -0.338 e. The predicted octanol–water partition coefficient (Wildman–Crippen LogP) is 5.17. The first-order valence-corrected chi connectivity index (χ1v) is 10.4. The molecule has 4 rings (SSSR count). The van der Waals surface area contributed by atoms with Gasteiger partial charge in [0.1, 0.15) is 11.6 Å². The van der Waals surface area contributed by atoms with Crippen LogP contribution in [0.2, 0.25) is 10.0 Å². The van der Waals surface area contributed by atoms with Crippen molar-refractivity contribution in [3.05, 3.63) is 64.0 Å². The van der Waals surface area contributed by atoms with E-state index in [1.54, 1.807) is 18.2 Å². The second-order valence-corrected chi connectivity index (χ2v) is 8.17. The van der Waals surface area contributed by atoms with Crippen LogP contribution in [0.3, 0.4) is 0 Å². The van der Waals surface area contributed by atoms with Gasteiger partial charge in [-0.3, -0.25) is 9.69 Å². The van der Waals surface area contributed by atoms with Crippen LogP contribution in [0.15, 0.2) is 40.9 Å². The van der Waals surface area contributed by atoms with Crippen LogP contribution >= 0.6 is 23.2 Å². The van der Waals surface area contributed by atoms with Crippen molar-refractivity contribution in [3.8, 4) is 11.4 Å². The lowest BCUT2D eigenvalue weighted by Crippen LogP contribution is -2.40. The molecule has 1 saturated heterocycles. The smallest absolute Gasteiger partial charge is 0.241 e. The molecule has 1 aliphatic rings. The average molecular weight is 467 g/mol. The van der Waals surface area contributed by atoms with Gasteiger partial charge in [-0.1, -0.05) is 28.4 Å². The summed E-state index contributed by atoms with van der Waals surface area (Å²) in [6.45, 7) is 1.58. The van der Waals surface area contributed by atoms with Crippen LogP contribution in [-0.4, -0.2) is 34.0 Å².